The monoisotopic (exact) mass is 243 g/mol. The SMILES string of the molecule is COC(=O)C(C)(N)CN(C)C1CCCN(C)C1. The fourth-order valence-corrected chi connectivity index (χ4v) is 2.44. The van der Waals surface area contributed by atoms with E-state index >= 15 is 0 Å². The van der Waals surface area contributed by atoms with Crippen LogP contribution in [0.5, 0.6) is 0 Å². The zero-order chi connectivity index (χ0) is 13.1. The van der Waals surface area contributed by atoms with Crippen molar-refractivity contribution in [3.63, 3.8) is 0 Å². The van der Waals surface area contributed by atoms with Crippen LogP contribution in [0.2, 0.25) is 0 Å². The van der Waals surface area contributed by atoms with E-state index in [-0.39, 0.29) is 5.97 Å². The highest BCUT2D eigenvalue weighted by Gasteiger charge is 2.33. The molecule has 5 nitrogen and oxygen atoms in total. The number of methoxy groups -OCH3 is 1. The second-order valence-corrected chi connectivity index (χ2v) is 5.38. The average molecular weight is 243 g/mol. The van der Waals surface area contributed by atoms with Gasteiger partial charge in [0.1, 0.15) is 5.54 Å². The minimum atomic E-state index is -0.931. The van der Waals surface area contributed by atoms with Gasteiger partial charge in [-0.1, -0.05) is 0 Å². The predicted octanol–water partition coefficient (Wildman–Crippen LogP) is -0.0972. The highest BCUT2D eigenvalue weighted by Crippen LogP contribution is 2.15. The number of likely N-dealkylation sites (tertiary alicyclic amines) is 1. The second-order valence-electron chi connectivity index (χ2n) is 5.38. The number of hydrogen-bond acceptors (Lipinski definition) is 5. The molecular weight excluding hydrogens is 218 g/mol. The number of likely N-dealkylation sites (N-methyl/N-ethyl adjacent to an activating group) is 2. The van der Waals surface area contributed by atoms with Crippen LogP contribution in [0.25, 0.3) is 0 Å². The van der Waals surface area contributed by atoms with Crippen LogP contribution in [-0.4, -0.2) is 68.2 Å². The van der Waals surface area contributed by atoms with Crippen molar-refractivity contribution in [1.29, 1.82) is 0 Å². The molecule has 0 aromatic carbocycles. The van der Waals surface area contributed by atoms with Crippen molar-refractivity contribution >= 4 is 5.97 Å². The molecule has 1 rings (SSSR count). The Hall–Kier alpha value is -0.650. The van der Waals surface area contributed by atoms with Crippen LogP contribution in [0.3, 0.4) is 0 Å². The number of carbonyl (C=O) groups is 1. The molecule has 17 heavy (non-hydrogen) atoms. The minimum absolute atomic E-state index is 0.353. The van der Waals surface area contributed by atoms with Crippen LogP contribution < -0.4 is 5.73 Å². The lowest BCUT2D eigenvalue weighted by atomic mass is 10.00. The second kappa shape index (κ2) is 5.80. The van der Waals surface area contributed by atoms with Gasteiger partial charge in [-0.05, 0) is 40.4 Å². The van der Waals surface area contributed by atoms with Crippen molar-refractivity contribution in [2.75, 3.05) is 40.8 Å². The number of nitrogens with zero attached hydrogens (tertiary/aromatic N) is 2. The van der Waals surface area contributed by atoms with Gasteiger partial charge in [0.25, 0.3) is 0 Å². The molecule has 5 heteroatoms. The summed E-state index contributed by atoms with van der Waals surface area (Å²) >= 11 is 0. The third-order valence-corrected chi connectivity index (χ3v) is 3.45. The molecule has 0 bridgehead atoms. The molecule has 2 N–H and O–H groups in total. The molecule has 1 heterocycles. The van der Waals surface area contributed by atoms with Crippen LogP contribution in [-0.2, 0) is 9.53 Å². The fourth-order valence-electron chi connectivity index (χ4n) is 2.44. The van der Waals surface area contributed by atoms with E-state index in [1.54, 1.807) is 6.92 Å². The lowest BCUT2D eigenvalue weighted by Gasteiger charge is -2.38. The zero-order valence-electron chi connectivity index (χ0n) is 11.4. The first-order valence-corrected chi connectivity index (χ1v) is 6.13. The summed E-state index contributed by atoms with van der Waals surface area (Å²) < 4.78 is 4.72. The van der Waals surface area contributed by atoms with E-state index in [0.29, 0.717) is 12.6 Å². The normalized spacial score (nSPS) is 25.6. The predicted molar refractivity (Wildman–Crippen MR) is 67.8 cm³/mol. The van der Waals surface area contributed by atoms with Crippen LogP contribution in [0.15, 0.2) is 0 Å². The van der Waals surface area contributed by atoms with Gasteiger partial charge in [-0.25, -0.2) is 0 Å². The summed E-state index contributed by atoms with van der Waals surface area (Å²) in [5.41, 5.74) is 5.05. The number of esters is 1. The van der Waals surface area contributed by atoms with Crippen molar-refractivity contribution in [2.24, 2.45) is 5.73 Å². The quantitative estimate of drug-likeness (QED) is 0.699. The smallest absolute Gasteiger partial charge is 0.326 e. The maximum absolute atomic E-state index is 11.5. The first-order valence-electron chi connectivity index (χ1n) is 6.13. The highest BCUT2D eigenvalue weighted by atomic mass is 16.5. The Bertz CT molecular complexity index is 268. The van der Waals surface area contributed by atoms with Gasteiger partial charge >= 0.3 is 5.97 Å². The Labute approximate surface area is 104 Å². The fraction of sp³-hybridized carbons (Fsp3) is 0.917. The standard InChI is InChI=1S/C12H25N3O2/c1-12(13,11(16)17-4)9-15(3)10-6-5-7-14(2)8-10/h10H,5-9,13H2,1-4H3. The summed E-state index contributed by atoms with van der Waals surface area (Å²) in [5, 5.41) is 0. The van der Waals surface area contributed by atoms with Gasteiger partial charge in [-0.2, -0.15) is 0 Å². The average Bonchev–Trinajstić information content (AvgIpc) is 2.27. The first-order chi connectivity index (χ1) is 7.86. The molecule has 2 unspecified atom stereocenters. The third-order valence-electron chi connectivity index (χ3n) is 3.45. The van der Waals surface area contributed by atoms with Crippen LogP contribution >= 0.6 is 0 Å². The van der Waals surface area contributed by atoms with Gasteiger partial charge in [0.05, 0.1) is 7.11 Å². The summed E-state index contributed by atoms with van der Waals surface area (Å²) in [7, 11) is 5.53. The summed E-state index contributed by atoms with van der Waals surface area (Å²) in [6, 6.07) is 0.473. The number of carbonyl (C=O) groups excluding carboxylic acids is 1. The van der Waals surface area contributed by atoms with Gasteiger partial charge in [0.2, 0.25) is 0 Å². The van der Waals surface area contributed by atoms with E-state index in [2.05, 4.69) is 16.8 Å². The molecule has 1 saturated heterocycles. The lowest BCUT2D eigenvalue weighted by Crippen LogP contribution is -2.57. The number of piperidine rings is 1. The minimum Gasteiger partial charge on any atom is -0.468 e. The maximum Gasteiger partial charge on any atom is 0.326 e. The molecule has 1 aliphatic heterocycles. The summed E-state index contributed by atoms with van der Waals surface area (Å²) in [5.74, 6) is -0.353. The Morgan fingerprint density at radius 1 is 1.65 bits per heavy atom. The van der Waals surface area contributed by atoms with Crippen molar-refractivity contribution in [3.8, 4) is 0 Å². The molecule has 0 aliphatic carbocycles. The number of ether oxygens (including phenoxy) is 1. The van der Waals surface area contributed by atoms with E-state index in [1.165, 1.54) is 13.5 Å². The first kappa shape index (κ1) is 14.4. The van der Waals surface area contributed by atoms with Gasteiger partial charge in [-0.15, -0.1) is 0 Å². The maximum atomic E-state index is 11.5. The van der Waals surface area contributed by atoms with Crippen molar-refractivity contribution in [1.82, 2.24) is 9.80 Å². The van der Waals surface area contributed by atoms with Gasteiger partial charge in [-0.3, -0.25) is 9.69 Å². The largest absolute Gasteiger partial charge is 0.468 e. The zero-order valence-corrected chi connectivity index (χ0v) is 11.4. The molecule has 0 amide bonds. The van der Waals surface area contributed by atoms with Gasteiger partial charge in [0.15, 0.2) is 0 Å². The number of nitrogens with two attached hydrogens (primary N) is 1. The van der Waals surface area contributed by atoms with E-state index in [4.69, 9.17) is 10.5 Å². The topological polar surface area (TPSA) is 58.8 Å². The third kappa shape index (κ3) is 3.94. The summed E-state index contributed by atoms with van der Waals surface area (Å²) in [6.45, 7) is 4.44. The molecule has 0 aromatic rings. The van der Waals surface area contributed by atoms with Gasteiger partial charge in [0, 0.05) is 19.1 Å². The van der Waals surface area contributed by atoms with Crippen LogP contribution in [0, 0.1) is 0 Å². The van der Waals surface area contributed by atoms with E-state index in [9.17, 15) is 4.79 Å². The van der Waals surface area contributed by atoms with E-state index in [1.807, 2.05) is 7.05 Å². The van der Waals surface area contributed by atoms with E-state index in [0.717, 1.165) is 19.5 Å². The molecule has 0 aromatic heterocycles. The van der Waals surface area contributed by atoms with Crippen molar-refractivity contribution < 1.29 is 9.53 Å². The Balaban J connectivity index is 2.52. The Morgan fingerprint density at radius 2 is 2.29 bits per heavy atom. The molecular formula is C12H25N3O2. The molecule has 100 valence electrons. The molecule has 1 aliphatic rings. The Kier molecular flexibility index (Phi) is 4.91. The van der Waals surface area contributed by atoms with Crippen LogP contribution in [0.1, 0.15) is 19.8 Å². The number of rotatable bonds is 4. The van der Waals surface area contributed by atoms with E-state index < -0.39 is 5.54 Å². The summed E-state index contributed by atoms with van der Waals surface area (Å²) in [4.78, 5) is 16.0. The highest BCUT2D eigenvalue weighted by molar-refractivity contribution is 5.80. The van der Waals surface area contributed by atoms with Gasteiger partial charge < -0.3 is 15.4 Å². The number of hydrogen-bond donors (Lipinski definition) is 1. The molecule has 2 atom stereocenters. The van der Waals surface area contributed by atoms with Crippen LogP contribution in [0.4, 0.5) is 0 Å². The molecule has 0 radical (unpaired) electrons. The molecule has 0 spiro atoms. The van der Waals surface area contributed by atoms with Crippen molar-refractivity contribution in [3.05, 3.63) is 0 Å². The lowest BCUT2D eigenvalue weighted by molar-refractivity contribution is -0.147. The Morgan fingerprint density at radius 3 is 2.82 bits per heavy atom. The molecule has 1 fully saturated rings. The summed E-state index contributed by atoms with van der Waals surface area (Å²) in [6.07, 6.45) is 2.36. The van der Waals surface area contributed by atoms with Crippen molar-refractivity contribution in [2.45, 2.75) is 31.3 Å². The molecule has 0 saturated carbocycles.